The summed E-state index contributed by atoms with van der Waals surface area (Å²) in [6, 6.07) is 0. The van der Waals surface area contributed by atoms with Gasteiger partial charge in [0, 0.05) is 0 Å². The van der Waals surface area contributed by atoms with Gasteiger partial charge in [-0.1, -0.05) is 19.3 Å². The third-order valence-corrected chi connectivity index (χ3v) is 0.422. The number of carbonyl (C=O) groups is 1. The number of nitrogens with two attached hydrogens (primary N) is 1. The van der Waals surface area contributed by atoms with E-state index in [1.807, 2.05) is 0 Å². The molecule has 0 aliphatic heterocycles. The molecule has 3 N–H and O–H groups in total. The van der Waals surface area contributed by atoms with Gasteiger partial charge >= 0.3 is 0 Å². The Hall–Kier alpha value is -0.570. The van der Waals surface area contributed by atoms with Crippen molar-refractivity contribution in [1.82, 2.24) is 5.43 Å². The highest BCUT2D eigenvalue weighted by atomic mass is 16.1. The van der Waals surface area contributed by atoms with Crippen molar-refractivity contribution in [3.63, 3.8) is 0 Å². The van der Waals surface area contributed by atoms with E-state index in [0.717, 1.165) is 0 Å². The van der Waals surface area contributed by atoms with Crippen molar-refractivity contribution in [3.8, 4) is 0 Å². The first-order valence-corrected chi connectivity index (χ1v) is 2.31. The molecule has 0 bridgehead atoms. The molecule has 0 aromatic rings. The highest BCUT2D eigenvalue weighted by Gasteiger charge is 1.95. The highest BCUT2D eigenvalue weighted by molar-refractivity contribution is 5.44. The van der Waals surface area contributed by atoms with E-state index < -0.39 is 0 Å². The Labute approximate surface area is 42.9 Å². The standard InChI is InChI=1S/C3H6.CH4N2O/c1-2-3-1;2-3-1-4/h1-3H2;1H,2H2,(H,3,4). The Bertz CT molecular complexity index is 42.2. The van der Waals surface area contributed by atoms with Crippen LogP contribution in [0.2, 0.25) is 0 Å². The second-order valence-corrected chi connectivity index (χ2v) is 1.35. The molecule has 0 spiro atoms. The molecule has 3 heteroatoms. The summed E-state index contributed by atoms with van der Waals surface area (Å²) in [4.78, 5) is 8.94. The van der Waals surface area contributed by atoms with Crippen LogP contribution in [-0.2, 0) is 4.79 Å². The van der Waals surface area contributed by atoms with Crippen molar-refractivity contribution in [2.45, 2.75) is 19.3 Å². The van der Waals surface area contributed by atoms with Crippen molar-refractivity contribution < 1.29 is 4.79 Å². The van der Waals surface area contributed by atoms with Crippen molar-refractivity contribution >= 4 is 6.41 Å². The molecule has 1 amide bonds. The zero-order chi connectivity index (χ0) is 5.54. The third-order valence-electron chi connectivity index (χ3n) is 0.422. The molecular weight excluding hydrogens is 92.1 g/mol. The van der Waals surface area contributed by atoms with Crippen LogP contribution in [0.3, 0.4) is 0 Å². The first-order chi connectivity index (χ1) is 3.41. The molecule has 0 atom stereocenters. The maximum atomic E-state index is 8.94. The Morgan fingerprint density at radius 1 is 1.43 bits per heavy atom. The van der Waals surface area contributed by atoms with Crippen molar-refractivity contribution in [2.75, 3.05) is 0 Å². The summed E-state index contributed by atoms with van der Waals surface area (Å²) in [7, 11) is 0. The summed E-state index contributed by atoms with van der Waals surface area (Å²) < 4.78 is 0. The van der Waals surface area contributed by atoms with Crippen LogP contribution in [0.5, 0.6) is 0 Å². The predicted molar refractivity (Wildman–Crippen MR) is 27.2 cm³/mol. The molecule has 0 radical (unpaired) electrons. The first kappa shape index (κ1) is 6.43. The van der Waals surface area contributed by atoms with Crippen LogP contribution < -0.4 is 11.3 Å². The fourth-order valence-corrected chi connectivity index (χ4v) is 0. The maximum absolute atomic E-state index is 8.94. The normalized spacial score (nSPS) is 13.3. The predicted octanol–water partition coefficient (Wildman–Crippen LogP) is -0.224. The minimum Gasteiger partial charge on any atom is -0.297 e. The Balaban J connectivity index is 0.000000105. The van der Waals surface area contributed by atoms with Gasteiger partial charge in [0.1, 0.15) is 0 Å². The molecule has 1 saturated carbocycles. The quantitative estimate of drug-likeness (QED) is 0.208. The molecule has 0 unspecified atom stereocenters. The minimum atomic E-state index is 0.403. The maximum Gasteiger partial charge on any atom is 0.221 e. The largest absolute Gasteiger partial charge is 0.297 e. The number of rotatable bonds is 1. The molecule has 3 nitrogen and oxygen atoms in total. The molecule has 1 aliphatic rings. The molecule has 1 rings (SSSR count). The van der Waals surface area contributed by atoms with Gasteiger partial charge in [-0.2, -0.15) is 0 Å². The average Bonchev–Trinajstić information content (AvgIpc) is 2.47. The fourth-order valence-electron chi connectivity index (χ4n) is 0. The second kappa shape index (κ2) is 5.43. The number of amides is 1. The number of carbonyl (C=O) groups excluding carboxylic acids is 1. The molecule has 0 aromatic carbocycles. The summed E-state index contributed by atoms with van der Waals surface area (Å²) in [5.74, 6) is 4.41. The highest BCUT2D eigenvalue weighted by Crippen LogP contribution is 2.14. The van der Waals surface area contributed by atoms with Crippen LogP contribution in [0.25, 0.3) is 0 Å². The van der Waals surface area contributed by atoms with E-state index in [1.165, 1.54) is 19.3 Å². The van der Waals surface area contributed by atoms with Gasteiger partial charge in [-0.3, -0.25) is 10.2 Å². The second-order valence-electron chi connectivity index (χ2n) is 1.35. The van der Waals surface area contributed by atoms with E-state index in [9.17, 15) is 0 Å². The molecule has 7 heavy (non-hydrogen) atoms. The summed E-state index contributed by atoms with van der Waals surface area (Å²) >= 11 is 0. The van der Waals surface area contributed by atoms with Crippen LogP contribution in [0, 0.1) is 0 Å². The number of hydrogen-bond acceptors (Lipinski definition) is 2. The van der Waals surface area contributed by atoms with Gasteiger partial charge in [0.05, 0.1) is 0 Å². The summed E-state index contributed by atoms with van der Waals surface area (Å²) in [5, 5.41) is 0. The van der Waals surface area contributed by atoms with E-state index in [4.69, 9.17) is 4.79 Å². The SMILES string of the molecule is C1CC1.NNC=O. The Morgan fingerprint density at radius 2 is 1.71 bits per heavy atom. The lowest BCUT2D eigenvalue weighted by molar-refractivity contribution is -0.109. The van der Waals surface area contributed by atoms with E-state index in [2.05, 4.69) is 5.84 Å². The molecule has 0 heterocycles. The molecule has 0 saturated heterocycles. The van der Waals surface area contributed by atoms with Gasteiger partial charge in [-0.15, -0.1) is 0 Å². The molecular formula is C4H10N2O. The van der Waals surface area contributed by atoms with Crippen LogP contribution in [-0.4, -0.2) is 6.41 Å². The fraction of sp³-hybridized carbons (Fsp3) is 0.750. The van der Waals surface area contributed by atoms with Crippen molar-refractivity contribution in [1.29, 1.82) is 0 Å². The molecule has 1 fully saturated rings. The van der Waals surface area contributed by atoms with Gasteiger partial charge in [0.25, 0.3) is 0 Å². The van der Waals surface area contributed by atoms with Crippen LogP contribution in [0.15, 0.2) is 0 Å². The minimum absolute atomic E-state index is 0.403. The van der Waals surface area contributed by atoms with Gasteiger partial charge < -0.3 is 0 Å². The first-order valence-electron chi connectivity index (χ1n) is 2.31. The van der Waals surface area contributed by atoms with E-state index in [1.54, 1.807) is 5.43 Å². The monoisotopic (exact) mass is 102 g/mol. The average molecular weight is 102 g/mol. The van der Waals surface area contributed by atoms with Crippen LogP contribution in [0.1, 0.15) is 19.3 Å². The topological polar surface area (TPSA) is 55.1 Å². The summed E-state index contributed by atoms with van der Waals surface area (Å²) in [5.41, 5.74) is 1.75. The number of hydrogen-bond donors (Lipinski definition) is 2. The lowest BCUT2D eigenvalue weighted by Crippen LogP contribution is -2.18. The van der Waals surface area contributed by atoms with Gasteiger partial charge in [0.2, 0.25) is 6.41 Å². The third kappa shape index (κ3) is 31.2. The lowest BCUT2D eigenvalue weighted by atomic mass is 11.0. The molecule has 1 aliphatic carbocycles. The smallest absolute Gasteiger partial charge is 0.221 e. The number of hydrazine groups is 1. The Kier molecular flexibility index (Phi) is 4.99. The zero-order valence-electron chi connectivity index (χ0n) is 4.18. The van der Waals surface area contributed by atoms with E-state index >= 15 is 0 Å². The van der Waals surface area contributed by atoms with Crippen LogP contribution >= 0.6 is 0 Å². The van der Waals surface area contributed by atoms with Crippen molar-refractivity contribution in [3.05, 3.63) is 0 Å². The number of nitrogens with one attached hydrogen (secondary N) is 1. The van der Waals surface area contributed by atoms with E-state index in [0.29, 0.717) is 6.41 Å². The zero-order valence-corrected chi connectivity index (χ0v) is 4.18. The van der Waals surface area contributed by atoms with Gasteiger partial charge in [-0.05, 0) is 0 Å². The van der Waals surface area contributed by atoms with Crippen molar-refractivity contribution in [2.24, 2.45) is 5.84 Å². The van der Waals surface area contributed by atoms with Crippen LogP contribution in [0.4, 0.5) is 0 Å². The summed E-state index contributed by atoms with van der Waals surface area (Å²) in [6.07, 6.45) is 4.90. The van der Waals surface area contributed by atoms with E-state index in [-0.39, 0.29) is 0 Å². The lowest BCUT2D eigenvalue weighted by Gasteiger charge is -1.66. The summed E-state index contributed by atoms with van der Waals surface area (Å²) in [6.45, 7) is 0. The Morgan fingerprint density at radius 3 is 1.71 bits per heavy atom. The van der Waals surface area contributed by atoms with Gasteiger partial charge in [-0.25, -0.2) is 5.84 Å². The molecule has 42 valence electrons. The molecule has 0 aromatic heterocycles. The van der Waals surface area contributed by atoms with Gasteiger partial charge in [0.15, 0.2) is 0 Å².